The summed E-state index contributed by atoms with van der Waals surface area (Å²) < 4.78 is 0. The molecule has 5 nitrogen and oxygen atoms in total. The van der Waals surface area contributed by atoms with Crippen molar-refractivity contribution in [3.8, 4) is 0 Å². The van der Waals surface area contributed by atoms with Crippen LogP contribution in [0.2, 0.25) is 0 Å². The van der Waals surface area contributed by atoms with Gasteiger partial charge in [0.2, 0.25) is 5.95 Å². The molecular formula is C11H18N4O. The molecule has 1 heterocycles. The van der Waals surface area contributed by atoms with Gasteiger partial charge in [0.1, 0.15) is 0 Å². The summed E-state index contributed by atoms with van der Waals surface area (Å²) in [6.45, 7) is -0.0651. The maximum atomic E-state index is 9.10. The van der Waals surface area contributed by atoms with E-state index in [1.807, 2.05) is 19.0 Å². The molecule has 1 aromatic rings. The maximum absolute atomic E-state index is 9.10. The molecule has 1 aliphatic rings. The molecule has 0 aliphatic heterocycles. The SMILES string of the molecule is CN(C)c1ncc(C(N)CO)c(C2CC2)n1. The van der Waals surface area contributed by atoms with E-state index in [4.69, 9.17) is 10.8 Å². The van der Waals surface area contributed by atoms with Crippen molar-refractivity contribution in [2.45, 2.75) is 24.8 Å². The third-order valence-electron chi connectivity index (χ3n) is 2.80. The number of nitrogens with two attached hydrogens (primary N) is 1. The standard InChI is InChI=1S/C11H18N4O/c1-15(2)11-13-5-8(9(12)6-16)10(14-11)7-3-4-7/h5,7,9,16H,3-4,6,12H2,1-2H3. The van der Waals surface area contributed by atoms with Crippen molar-refractivity contribution >= 4 is 5.95 Å². The Morgan fingerprint density at radius 2 is 2.25 bits per heavy atom. The van der Waals surface area contributed by atoms with Crippen LogP contribution in [-0.2, 0) is 0 Å². The first-order valence-corrected chi connectivity index (χ1v) is 5.54. The molecule has 3 N–H and O–H groups in total. The van der Waals surface area contributed by atoms with Crippen molar-refractivity contribution in [2.75, 3.05) is 25.6 Å². The molecule has 2 rings (SSSR count). The number of aromatic nitrogens is 2. The highest BCUT2D eigenvalue weighted by molar-refractivity contribution is 5.36. The van der Waals surface area contributed by atoms with Crippen molar-refractivity contribution in [1.82, 2.24) is 9.97 Å². The molecule has 1 aliphatic carbocycles. The monoisotopic (exact) mass is 222 g/mol. The Bertz CT molecular complexity index is 376. The molecule has 0 aromatic carbocycles. The summed E-state index contributed by atoms with van der Waals surface area (Å²) in [5.74, 6) is 1.21. The third-order valence-corrected chi connectivity index (χ3v) is 2.80. The van der Waals surface area contributed by atoms with E-state index in [0.29, 0.717) is 11.9 Å². The lowest BCUT2D eigenvalue weighted by molar-refractivity contribution is 0.267. The van der Waals surface area contributed by atoms with Crippen LogP contribution in [-0.4, -0.2) is 35.8 Å². The Hall–Kier alpha value is -1.20. The Kier molecular flexibility index (Phi) is 3.07. The first kappa shape index (κ1) is 11.3. The van der Waals surface area contributed by atoms with E-state index in [1.165, 1.54) is 0 Å². The highest BCUT2D eigenvalue weighted by atomic mass is 16.3. The van der Waals surface area contributed by atoms with Gasteiger partial charge in [-0.1, -0.05) is 0 Å². The van der Waals surface area contributed by atoms with Crippen LogP contribution in [0, 0.1) is 0 Å². The fourth-order valence-electron chi connectivity index (χ4n) is 1.68. The maximum Gasteiger partial charge on any atom is 0.225 e. The van der Waals surface area contributed by atoms with Crippen LogP contribution in [0.15, 0.2) is 6.20 Å². The molecule has 1 saturated carbocycles. The van der Waals surface area contributed by atoms with Gasteiger partial charge in [-0.3, -0.25) is 0 Å². The Labute approximate surface area is 95.3 Å². The summed E-state index contributed by atoms with van der Waals surface area (Å²) in [7, 11) is 3.83. The van der Waals surface area contributed by atoms with E-state index in [2.05, 4.69) is 9.97 Å². The Morgan fingerprint density at radius 1 is 1.56 bits per heavy atom. The van der Waals surface area contributed by atoms with Gasteiger partial charge in [0.25, 0.3) is 0 Å². The summed E-state index contributed by atoms with van der Waals surface area (Å²) in [5, 5.41) is 9.10. The lowest BCUT2D eigenvalue weighted by atomic mass is 10.1. The molecule has 1 atom stereocenters. The first-order chi connectivity index (χ1) is 7.63. The summed E-state index contributed by atoms with van der Waals surface area (Å²) in [6.07, 6.45) is 4.07. The molecule has 1 aromatic heterocycles. The van der Waals surface area contributed by atoms with Gasteiger partial charge in [-0.15, -0.1) is 0 Å². The number of anilines is 1. The number of aliphatic hydroxyl groups is 1. The number of rotatable bonds is 4. The van der Waals surface area contributed by atoms with E-state index >= 15 is 0 Å². The molecular weight excluding hydrogens is 204 g/mol. The predicted octanol–water partition coefficient (Wildman–Crippen LogP) is 0.412. The molecule has 5 heteroatoms. The van der Waals surface area contributed by atoms with Crippen molar-refractivity contribution in [3.05, 3.63) is 17.5 Å². The van der Waals surface area contributed by atoms with Gasteiger partial charge in [-0.2, -0.15) is 0 Å². The number of aliphatic hydroxyl groups excluding tert-OH is 1. The molecule has 16 heavy (non-hydrogen) atoms. The summed E-state index contributed by atoms with van der Waals surface area (Å²) in [4.78, 5) is 10.6. The fourth-order valence-corrected chi connectivity index (χ4v) is 1.68. The highest BCUT2D eigenvalue weighted by Crippen LogP contribution is 2.41. The van der Waals surface area contributed by atoms with E-state index in [-0.39, 0.29) is 12.6 Å². The molecule has 88 valence electrons. The minimum absolute atomic E-state index is 0.0651. The second kappa shape index (κ2) is 4.35. The minimum atomic E-state index is -0.369. The van der Waals surface area contributed by atoms with E-state index in [1.54, 1.807) is 6.20 Å². The molecule has 1 unspecified atom stereocenters. The van der Waals surface area contributed by atoms with Gasteiger partial charge in [-0.05, 0) is 12.8 Å². The molecule has 0 amide bonds. The molecule has 0 bridgehead atoms. The summed E-state index contributed by atoms with van der Waals surface area (Å²) in [5.41, 5.74) is 7.74. The predicted molar refractivity (Wildman–Crippen MR) is 62.3 cm³/mol. The summed E-state index contributed by atoms with van der Waals surface area (Å²) in [6, 6.07) is -0.369. The van der Waals surface area contributed by atoms with E-state index < -0.39 is 0 Å². The van der Waals surface area contributed by atoms with Gasteiger partial charge < -0.3 is 15.7 Å². The zero-order chi connectivity index (χ0) is 11.7. The highest BCUT2D eigenvalue weighted by Gasteiger charge is 2.30. The Balaban J connectivity index is 2.37. The Morgan fingerprint density at radius 3 is 2.75 bits per heavy atom. The van der Waals surface area contributed by atoms with Crippen LogP contribution in [0.25, 0.3) is 0 Å². The van der Waals surface area contributed by atoms with Crippen molar-refractivity contribution in [2.24, 2.45) is 5.73 Å². The van der Waals surface area contributed by atoms with Gasteiger partial charge in [0, 0.05) is 31.8 Å². The molecule has 0 spiro atoms. The van der Waals surface area contributed by atoms with E-state index in [0.717, 1.165) is 24.1 Å². The average Bonchev–Trinajstić information content (AvgIpc) is 3.11. The van der Waals surface area contributed by atoms with Crippen molar-refractivity contribution in [3.63, 3.8) is 0 Å². The van der Waals surface area contributed by atoms with Crippen LogP contribution in [0.1, 0.15) is 36.1 Å². The van der Waals surface area contributed by atoms with Gasteiger partial charge >= 0.3 is 0 Å². The van der Waals surface area contributed by atoms with Crippen LogP contribution in [0.4, 0.5) is 5.95 Å². The molecule has 0 saturated heterocycles. The number of nitrogens with zero attached hydrogens (tertiary/aromatic N) is 3. The molecule has 1 fully saturated rings. The second-order valence-corrected chi connectivity index (χ2v) is 4.47. The fraction of sp³-hybridized carbons (Fsp3) is 0.636. The van der Waals surface area contributed by atoms with Crippen LogP contribution < -0.4 is 10.6 Å². The quantitative estimate of drug-likeness (QED) is 0.772. The van der Waals surface area contributed by atoms with Crippen molar-refractivity contribution in [1.29, 1.82) is 0 Å². The lowest BCUT2D eigenvalue weighted by Crippen LogP contribution is -2.20. The first-order valence-electron chi connectivity index (χ1n) is 5.54. The van der Waals surface area contributed by atoms with Crippen LogP contribution in [0.5, 0.6) is 0 Å². The number of hydrogen-bond donors (Lipinski definition) is 2. The van der Waals surface area contributed by atoms with Gasteiger partial charge in [-0.25, -0.2) is 9.97 Å². The zero-order valence-corrected chi connectivity index (χ0v) is 9.72. The average molecular weight is 222 g/mol. The topological polar surface area (TPSA) is 75.3 Å². The third kappa shape index (κ3) is 2.15. The smallest absolute Gasteiger partial charge is 0.225 e. The minimum Gasteiger partial charge on any atom is -0.394 e. The number of hydrogen-bond acceptors (Lipinski definition) is 5. The van der Waals surface area contributed by atoms with Crippen LogP contribution in [0.3, 0.4) is 0 Å². The van der Waals surface area contributed by atoms with E-state index in [9.17, 15) is 0 Å². The lowest BCUT2D eigenvalue weighted by Gasteiger charge is -2.16. The van der Waals surface area contributed by atoms with Gasteiger partial charge in [0.05, 0.1) is 18.3 Å². The van der Waals surface area contributed by atoms with Crippen LogP contribution >= 0.6 is 0 Å². The van der Waals surface area contributed by atoms with Crippen molar-refractivity contribution < 1.29 is 5.11 Å². The summed E-state index contributed by atoms with van der Waals surface area (Å²) >= 11 is 0. The zero-order valence-electron chi connectivity index (χ0n) is 9.72. The molecule has 0 radical (unpaired) electrons. The normalized spacial score (nSPS) is 17.2. The largest absolute Gasteiger partial charge is 0.394 e. The van der Waals surface area contributed by atoms with Gasteiger partial charge in [0.15, 0.2) is 0 Å². The second-order valence-electron chi connectivity index (χ2n) is 4.47.